The summed E-state index contributed by atoms with van der Waals surface area (Å²) in [6.07, 6.45) is 1.99. The van der Waals surface area contributed by atoms with Crippen LogP contribution < -0.4 is 10.9 Å². The summed E-state index contributed by atoms with van der Waals surface area (Å²) in [5.74, 6) is -1.91. The summed E-state index contributed by atoms with van der Waals surface area (Å²) in [6.45, 7) is 0. The topological polar surface area (TPSA) is 112 Å². The lowest BCUT2D eigenvalue weighted by molar-refractivity contribution is -0.142. The lowest BCUT2D eigenvalue weighted by atomic mass is 10.0. The number of hydrogen-bond donors (Lipinski definition) is 3. The maximum Gasteiger partial charge on any atom is 0.308 e. The monoisotopic (exact) mass is 251 g/mol. The number of aliphatic carboxylic acids is 1. The zero-order chi connectivity index (χ0) is 13.1. The molecule has 1 aliphatic rings. The number of nitrogens with one attached hydrogen (secondary N) is 2. The van der Waals surface area contributed by atoms with E-state index in [9.17, 15) is 14.4 Å². The number of carboxylic acids is 1. The van der Waals surface area contributed by atoms with Crippen LogP contribution in [0.4, 0.5) is 0 Å². The van der Waals surface area contributed by atoms with E-state index in [4.69, 9.17) is 5.11 Å². The molecule has 0 aromatic carbocycles. The molecular weight excluding hydrogens is 238 g/mol. The fourth-order valence-corrected chi connectivity index (χ4v) is 2.14. The summed E-state index contributed by atoms with van der Waals surface area (Å²) < 4.78 is 0. The molecule has 0 aliphatic heterocycles. The van der Waals surface area contributed by atoms with Gasteiger partial charge in [-0.05, 0) is 18.9 Å². The fourth-order valence-electron chi connectivity index (χ4n) is 2.14. The molecule has 1 aromatic heterocycles. The molecule has 18 heavy (non-hydrogen) atoms. The fraction of sp³-hybridized carbons (Fsp3) is 0.455. The quantitative estimate of drug-likeness (QED) is 0.686. The van der Waals surface area contributed by atoms with Gasteiger partial charge in [0, 0.05) is 12.1 Å². The second-order valence-corrected chi connectivity index (χ2v) is 4.26. The van der Waals surface area contributed by atoms with Gasteiger partial charge < -0.3 is 10.4 Å². The first kappa shape index (κ1) is 12.3. The Bertz CT molecular complexity index is 505. The standard InChI is InChI=1S/C11H13N3O4/c15-9-5-4-8(13-14-9)10(16)12-7-3-1-2-6(7)11(17)18/h4-7H,1-3H2,(H,12,16)(H,14,15)(H,17,18). The highest BCUT2D eigenvalue weighted by Gasteiger charge is 2.34. The van der Waals surface area contributed by atoms with Crippen molar-refractivity contribution in [1.82, 2.24) is 15.5 Å². The van der Waals surface area contributed by atoms with E-state index in [0.717, 1.165) is 6.42 Å². The van der Waals surface area contributed by atoms with Gasteiger partial charge in [0.05, 0.1) is 5.92 Å². The maximum atomic E-state index is 11.8. The van der Waals surface area contributed by atoms with Crippen LogP contribution in [0.3, 0.4) is 0 Å². The molecule has 0 bridgehead atoms. The molecule has 1 aliphatic carbocycles. The van der Waals surface area contributed by atoms with Gasteiger partial charge in [0.15, 0.2) is 0 Å². The third kappa shape index (κ3) is 2.55. The molecule has 1 amide bonds. The van der Waals surface area contributed by atoms with Crippen LogP contribution in [0.5, 0.6) is 0 Å². The van der Waals surface area contributed by atoms with Crippen molar-refractivity contribution >= 4 is 11.9 Å². The zero-order valence-electron chi connectivity index (χ0n) is 9.55. The number of hydrogen-bond acceptors (Lipinski definition) is 4. The van der Waals surface area contributed by atoms with E-state index in [1.807, 2.05) is 0 Å². The Morgan fingerprint density at radius 2 is 2.17 bits per heavy atom. The minimum absolute atomic E-state index is 0.0747. The molecule has 0 radical (unpaired) electrons. The normalized spacial score (nSPS) is 22.7. The molecule has 2 rings (SSSR count). The second-order valence-electron chi connectivity index (χ2n) is 4.26. The van der Waals surface area contributed by atoms with Crippen LogP contribution in [0.2, 0.25) is 0 Å². The van der Waals surface area contributed by atoms with Gasteiger partial charge in [-0.2, -0.15) is 5.10 Å². The molecule has 0 saturated heterocycles. The maximum absolute atomic E-state index is 11.8. The number of H-pyrrole nitrogens is 1. The summed E-state index contributed by atoms with van der Waals surface area (Å²) in [4.78, 5) is 33.6. The predicted octanol–water partition coefficient (Wildman–Crippen LogP) is -0.247. The third-order valence-electron chi connectivity index (χ3n) is 3.06. The molecule has 1 aromatic rings. The third-order valence-corrected chi connectivity index (χ3v) is 3.06. The Kier molecular flexibility index (Phi) is 3.40. The lowest BCUT2D eigenvalue weighted by Gasteiger charge is -2.16. The van der Waals surface area contributed by atoms with Crippen molar-refractivity contribution in [2.75, 3.05) is 0 Å². The number of rotatable bonds is 3. The van der Waals surface area contributed by atoms with Crippen LogP contribution in [-0.4, -0.2) is 33.2 Å². The average Bonchev–Trinajstić information content (AvgIpc) is 2.78. The van der Waals surface area contributed by atoms with E-state index in [0.29, 0.717) is 12.8 Å². The number of carbonyl (C=O) groups excluding carboxylic acids is 1. The average molecular weight is 251 g/mol. The van der Waals surface area contributed by atoms with Crippen LogP contribution in [0, 0.1) is 5.92 Å². The minimum Gasteiger partial charge on any atom is -0.481 e. The van der Waals surface area contributed by atoms with Crippen LogP contribution in [0.15, 0.2) is 16.9 Å². The van der Waals surface area contributed by atoms with Gasteiger partial charge in [0.1, 0.15) is 5.69 Å². The van der Waals surface area contributed by atoms with E-state index in [1.165, 1.54) is 12.1 Å². The Labute approximate surface area is 102 Å². The molecule has 7 heteroatoms. The summed E-state index contributed by atoms with van der Waals surface area (Å²) in [7, 11) is 0. The van der Waals surface area contributed by atoms with Crippen molar-refractivity contribution in [3.63, 3.8) is 0 Å². The minimum atomic E-state index is -0.896. The van der Waals surface area contributed by atoms with Gasteiger partial charge >= 0.3 is 5.97 Å². The van der Waals surface area contributed by atoms with Crippen molar-refractivity contribution < 1.29 is 14.7 Å². The second kappa shape index (κ2) is 4.99. The smallest absolute Gasteiger partial charge is 0.308 e. The Morgan fingerprint density at radius 1 is 1.39 bits per heavy atom. The molecule has 2 atom stereocenters. The van der Waals surface area contributed by atoms with E-state index < -0.39 is 23.4 Å². The number of carboxylic acid groups (broad SMARTS) is 1. The van der Waals surface area contributed by atoms with Gasteiger partial charge in [-0.15, -0.1) is 0 Å². The Morgan fingerprint density at radius 3 is 2.78 bits per heavy atom. The van der Waals surface area contributed by atoms with Crippen LogP contribution in [0.1, 0.15) is 29.8 Å². The molecule has 1 fully saturated rings. The van der Waals surface area contributed by atoms with E-state index in [2.05, 4.69) is 15.5 Å². The van der Waals surface area contributed by atoms with Crippen molar-refractivity contribution in [3.8, 4) is 0 Å². The molecule has 2 unspecified atom stereocenters. The first-order chi connectivity index (χ1) is 8.58. The van der Waals surface area contributed by atoms with Crippen LogP contribution >= 0.6 is 0 Å². The first-order valence-corrected chi connectivity index (χ1v) is 5.67. The lowest BCUT2D eigenvalue weighted by Crippen LogP contribution is -2.40. The highest BCUT2D eigenvalue weighted by molar-refractivity contribution is 5.92. The van der Waals surface area contributed by atoms with E-state index in [1.54, 1.807) is 0 Å². The van der Waals surface area contributed by atoms with Crippen molar-refractivity contribution in [1.29, 1.82) is 0 Å². The largest absolute Gasteiger partial charge is 0.481 e. The number of amides is 1. The Hall–Kier alpha value is -2.18. The van der Waals surface area contributed by atoms with Gasteiger partial charge in [-0.1, -0.05) is 6.42 Å². The summed E-state index contributed by atoms with van der Waals surface area (Å²) >= 11 is 0. The number of carbonyl (C=O) groups is 2. The first-order valence-electron chi connectivity index (χ1n) is 5.67. The summed E-state index contributed by atoms with van der Waals surface area (Å²) in [5, 5.41) is 17.4. The molecule has 1 heterocycles. The number of aromatic nitrogens is 2. The van der Waals surface area contributed by atoms with Gasteiger partial charge in [-0.3, -0.25) is 14.4 Å². The SMILES string of the molecule is O=C(NC1CCCC1C(=O)O)c1ccc(=O)[nH]n1. The summed E-state index contributed by atoms with van der Waals surface area (Å²) in [5.41, 5.74) is -0.318. The highest BCUT2D eigenvalue weighted by atomic mass is 16.4. The predicted molar refractivity (Wildman–Crippen MR) is 61.1 cm³/mol. The van der Waals surface area contributed by atoms with Gasteiger partial charge in [0.2, 0.25) is 0 Å². The zero-order valence-corrected chi connectivity index (χ0v) is 9.55. The summed E-state index contributed by atoms with van der Waals surface area (Å²) in [6, 6.07) is 2.13. The molecule has 1 saturated carbocycles. The molecule has 3 N–H and O–H groups in total. The van der Waals surface area contributed by atoms with Crippen molar-refractivity contribution in [3.05, 3.63) is 28.2 Å². The Balaban J connectivity index is 2.05. The molecule has 96 valence electrons. The molecular formula is C11H13N3O4. The van der Waals surface area contributed by atoms with Crippen LogP contribution in [-0.2, 0) is 4.79 Å². The molecule has 7 nitrogen and oxygen atoms in total. The number of aromatic amines is 1. The number of nitrogens with zero attached hydrogens (tertiary/aromatic N) is 1. The van der Waals surface area contributed by atoms with Crippen LogP contribution in [0.25, 0.3) is 0 Å². The van der Waals surface area contributed by atoms with Gasteiger partial charge in [0.25, 0.3) is 11.5 Å². The molecule has 0 spiro atoms. The highest BCUT2D eigenvalue weighted by Crippen LogP contribution is 2.25. The van der Waals surface area contributed by atoms with E-state index >= 15 is 0 Å². The van der Waals surface area contributed by atoms with Crippen molar-refractivity contribution in [2.24, 2.45) is 5.92 Å². The van der Waals surface area contributed by atoms with E-state index in [-0.39, 0.29) is 11.7 Å². The van der Waals surface area contributed by atoms with Crippen molar-refractivity contribution in [2.45, 2.75) is 25.3 Å². The van der Waals surface area contributed by atoms with Gasteiger partial charge in [-0.25, -0.2) is 5.10 Å².